The van der Waals surface area contributed by atoms with Gasteiger partial charge in [0.25, 0.3) is 17.7 Å². The zero-order chi connectivity index (χ0) is 23.5. The Morgan fingerprint density at radius 2 is 1.61 bits per heavy atom. The van der Waals surface area contributed by atoms with Crippen molar-refractivity contribution in [3.63, 3.8) is 0 Å². The molecule has 0 fully saturated rings. The van der Waals surface area contributed by atoms with E-state index >= 15 is 0 Å². The second kappa shape index (κ2) is 9.24. The summed E-state index contributed by atoms with van der Waals surface area (Å²) < 4.78 is 19.7. The van der Waals surface area contributed by atoms with E-state index in [-0.39, 0.29) is 42.2 Å². The molecule has 1 aliphatic heterocycles. The van der Waals surface area contributed by atoms with Crippen LogP contribution in [0.15, 0.2) is 66.7 Å². The van der Waals surface area contributed by atoms with Gasteiger partial charge in [-0.15, -0.1) is 0 Å². The monoisotopic (exact) mass is 446 g/mol. The molecular formula is C26H23FN2O4. The summed E-state index contributed by atoms with van der Waals surface area (Å²) in [5.74, 6) is -1.09. The maximum absolute atomic E-state index is 14.1. The zero-order valence-electron chi connectivity index (χ0n) is 18.4. The zero-order valence-corrected chi connectivity index (χ0v) is 18.4. The number of imide groups is 1. The molecule has 0 saturated carbocycles. The molecule has 0 bridgehead atoms. The van der Waals surface area contributed by atoms with Crippen LogP contribution in [0.3, 0.4) is 0 Å². The van der Waals surface area contributed by atoms with Gasteiger partial charge in [-0.05, 0) is 42.8 Å². The van der Waals surface area contributed by atoms with Gasteiger partial charge >= 0.3 is 0 Å². The first-order valence-corrected chi connectivity index (χ1v) is 10.6. The van der Waals surface area contributed by atoms with Crippen molar-refractivity contribution < 1.29 is 23.5 Å². The van der Waals surface area contributed by atoms with Crippen LogP contribution in [0.1, 0.15) is 49.1 Å². The Morgan fingerprint density at radius 1 is 0.970 bits per heavy atom. The average Bonchev–Trinajstić information content (AvgIpc) is 3.06. The first-order chi connectivity index (χ1) is 15.9. The Bertz CT molecular complexity index is 1210. The molecule has 33 heavy (non-hydrogen) atoms. The van der Waals surface area contributed by atoms with Crippen LogP contribution in [0.5, 0.6) is 5.75 Å². The van der Waals surface area contributed by atoms with Crippen molar-refractivity contribution in [1.82, 2.24) is 9.80 Å². The molecule has 0 aliphatic carbocycles. The Morgan fingerprint density at radius 3 is 2.24 bits per heavy atom. The van der Waals surface area contributed by atoms with Gasteiger partial charge in [-0.1, -0.05) is 36.4 Å². The van der Waals surface area contributed by atoms with Crippen LogP contribution in [0, 0.1) is 5.82 Å². The van der Waals surface area contributed by atoms with Crippen LogP contribution in [0.25, 0.3) is 0 Å². The molecule has 0 saturated heterocycles. The molecule has 6 nitrogen and oxygen atoms in total. The van der Waals surface area contributed by atoms with Crippen molar-refractivity contribution in [2.24, 2.45) is 0 Å². The van der Waals surface area contributed by atoms with Crippen LogP contribution in [-0.2, 0) is 13.1 Å². The Hall–Kier alpha value is -4.00. The minimum absolute atomic E-state index is 0.0239. The average molecular weight is 446 g/mol. The normalized spacial score (nSPS) is 12.6. The van der Waals surface area contributed by atoms with Crippen molar-refractivity contribution in [2.75, 3.05) is 13.7 Å². The maximum atomic E-state index is 14.1. The predicted octanol–water partition coefficient (Wildman–Crippen LogP) is 4.29. The van der Waals surface area contributed by atoms with Gasteiger partial charge in [0.05, 0.1) is 29.8 Å². The minimum atomic E-state index is -0.387. The number of benzene rings is 3. The number of hydrogen-bond acceptors (Lipinski definition) is 4. The molecule has 0 unspecified atom stereocenters. The van der Waals surface area contributed by atoms with Gasteiger partial charge in [-0.25, -0.2) is 4.39 Å². The third-order valence-electron chi connectivity index (χ3n) is 5.51. The number of hydrogen-bond donors (Lipinski definition) is 0. The summed E-state index contributed by atoms with van der Waals surface area (Å²) in [6, 6.07) is 18.0. The van der Waals surface area contributed by atoms with Crippen LogP contribution < -0.4 is 4.74 Å². The first kappa shape index (κ1) is 22.2. The second-order valence-electron chi connectivity index (χ2n) is 7.76. The largest absolute Gasteiger partial charge is 0.493 e. The summed E-state index contributed by atoms with van der Waals surface area (Å²) in [6.07, 6.45) is 0. The van der Waals surface area contributed by atoms with Crippen LogP contribution in [0.2, 0.25) is 0 Å². The molecular weight excluding hydrogens is 423 g/mol. The highest BCUT2D eigenvalue weighted by molar-refractivity contribution is 6.21. The summed E-state index contributed by atoms with van der Waals surface area (Å²) in [5, 5.41) is 0. The summed E-state index contributed by atoms with van der Waals surface area (Å²) in [7, 11) is 1.58. The number of rotatable bonds is 7. The number of fused-ring (bicyclic) bond motifs is 1. The molecule has 0 aromatic heterocycles. The van der Waals surface area contributed by atoms with E-state index in [2.05, 4.69) is 0 Å². The number of amides is 3. The Kier molecular flexibility index (Phi) is 6.22. The summed E-state index contributed by atoms with van der Waals surface area (Å²) in [6.45, 7) is 2.27. The Labute approximate surface area is 191 Å². The van der Waals surface area contributed by atoms with E-state index < -0.39 is 0 Å². The SMILES string of the molecule is CCOc1ccc(CN2C(=O)c3ccccc3C2=O)cc1C(=O)N(C)Cc1ccccc1F. The van der Waals surface area contributed by atoms with Gasteiger partial charge < -0.3 is 9.64 Å². The van der Waals surface area contributed by atoms with Crippen molar-refractivity contribution in [3.05, 3.63) is 100 Å². The lowest BCUT2D eigenvalue weighted by Gasteiger charge is -2.21. The lowest BCUT2D eigenvalue weighted by atomic mass is 10.1. The topological polar surface area (TPSA) is 66.9 Å². The molecule has 0 spiro atoms. The lowest BCUT2D eigenvalue weighted by molar-refractivity contribution is 0.0642. The number of carbonyl (C=O) groups excluding carboxylic acids is 3. The van der Waals surface area contributed by atoms with Crippen LogP contribution in [0.4, 0.5) is 4.39 Å². The highest BCUT2D eigenvalue weighted by Gasteiger charge is 2.35. The highest BCUT2D eigenvalue weighted by Crippen LogP contribution is 2.27. The first-order valence-electron chi connectivity index (χ1n) is 10.6. The van der Waals surface area contributed by atoms with Gasteiger partial charge in [0, 0.05) is 19.2 Å². The number of ether oxygens (including phenoxy) is 1. The van der Waals surface area contributed by atoms with Gasteiger partial charge in [0.15, 0.2) is 0 Å². The van der Waals surface area contributed by atoms with Gasteiger partial charge in [0.1, 0.15) is 11.6 Å². The van der Waals surface area contributed by atoms with Crippen molar-refractivity contribution in [1.29, 1.82) is 0 Å². The van der Waals surface area contributed by atoms with Gasteiger partial charge in [0.2, 0.25) is 0 Å². The smallest absolute Gasteiger partial charge is 0.261 e. The number of halogens is 1. The molecule has 7 heteroatoms. The molecule has 0 N–H and O–H groups in total. The summed E-state index contributed by atoms with van der Waals surface area (Å²) >= 11 is 0. The van der Waals surface area contributed by atoms with Crippen molar-refractivity contribution in [2.45, 2.75) is 20.0 Å². The second-order valence-corrected chi connectivity index (χ2v) is 7.76. The van der Waals surface area contributed by atoms with E-state index in [1.165, 1.54) is 11.0 Å². The predicted molar refractivity (Wildman–Crippen MR) is 120 cm³/mol. The molecule has 1 aliphatic rings. The minimum Gasteiger partial charge on any atom is -0.493 e. The maximum Gasteiger partial charge on any atom is 0.261 e. The molecule has 168 valence electrons. The van der Waals surface area contributed by atoms with E-state index in [4.69, 9.17) is 4.74 Å². The standard InChI is InChI=1S/C26H23FN2O4/c1-3-33-23-13-12-17(15-29-25(31)19-9-5-6-10-20(19)26(29)32)14-21(23)24(30)28(2)16-18-8-4-7-11-22(18)27/h4-14H,3,15-16H2,1-2H3. The van der Waals surface area contributed by atoms with Crippen LogP contribution >= 0.6 is 0 Å². The fraction of sp³-hybridized carbons (Fsp3) is 0.192. The van der Waals surface area contributed by atoms with Gasteiger partial charge in [-0.2, -0.15) is 0 Å². The molecule has 3 amide bonds. The van der Waals surface area contributed by atoms with Crippen LogP contribution in [-0.4, -0.2) is 41.2 Å². The molecule has 0 atom stereocenters. The number of nitrogens with zero attached hydrogens (tertiary/aromatic N) is 2. The lowest BCUT2D eigenvalue weighted by Crippen LogP contribution is -2.30. The molecule has 0 radical (unpaired) electrons. The molecule has 3 aromatic rings. The van der Waals surface area contributed by atoms with E-state index in [0.29, 0.717) is 34.6 Å². The third kappa shape index (κ3) is 4.35. The fourth-order valence-electron chi connectivity index (χ4n) is 3.85. The summed E-state index contributed by atoms with van der Waals surface area (Å²) in [4.78, 5) is 41.2. The molecule has 3 aromatic carbocycles. The quantitative estimate of drug-likeness (QED) is 0.508. The van der Waals surface area contributed by atoms with Crippen molar-refractivity contribution in [3.8, 4) is 5.75 Å². The van der Waals surface area contributed by atoms with E-state index in [1.807, 2.05) is 6.92 Å². The van der Waals surface area contributed by atoms with Crippen molar-refractivity contribution >= 4 is 17.7 Å². The van der Waals surface area contributed by atoms with E-state index in [0.717, 1.165) is 4.90 Å². The van der Waals surface area contributed by atoms with E-state index in [1.54, 1.807) is 67.7 Å². The van der Waals surface area contributed by atoms with E-state index in [9.17, 15) is 18.8 Å². The fourth-order valence-corrected chi connectivity index (χ4v) is 3.85. The molecule has 4 rings (SSSR count). The third-order valence-corrected chi connectivity index (χ3v) is 5.51. The summed E-state index contributed by atoms with van der Waals surface area (Å²) in [5.41, 5.74) is 2.03. The highest BCUT2D eigenvalue weighted by atomic mass is 19.1. The Balaban J connectivity index is 1.59. The van der Waals surface area contributed by atoms with Gasteiger partial charge in [-0.3, -0.25) is 19.3 Å². The molecule has 1 heterocycles. The number of carbonyl (C=O) groups is 3.